The molecule has 1 aromatic carbocycles. The van der Waals surface area contributed by atoms with Crippen molar-refractivity contribution in [2.75, 3.05) is 20.3 Å². The van der Waals surface area contributed by atoms with Crippen molar-refractivity contribution < 1.29 is 41.0 Å². The zero-order valence-corrected chi connectivity index (χ0v) is 14.5. The van der Waals surface area contributed by atoms with Gasteiger partial charge in [-0.25, -0.2) is 9.18 Å². The summed E-state index contributed by atoms with van der Waals surface area (Å²) in [6.07, 6.45) is -6.57. The highest BCUT2D eigenvalue weighted by Gasteiger charge is 2.57. The van der Waals surface area contributed by atoms with E-state index in [-0.39, 0.29) is 12.2 Å². The van der Waals surface area contributed by atoms with Crippen LogP contribution < -0.4 is 4.74 Å². The van der Waals surface area contributed by atoms with Gasteiger partial charge in [0.15, 0.2) is 17.7 Å². The summed E-state index contributed by atoms with van der Waals surface area (Å²) in [5.41, 5.74) is -2.35. The van der Waals surface area contributed by atoms with Crippen LogP contribution in [0, 0.1) is 17.0 Å². The quantitative estimate of drug-likeness (QED) is 0.584. The van der Waals surface area contributed by atoms with Crippen molar-refractivity contribution in [2.24, 2.45) is 5.41 Å². The van der Waals surface area contributed by atoms with Gasteiger partial charge in [0, 0.05) is 11.5 Å². The minimum absolute atomic E-state index is 0.00311. The summed E-state index contributed by atoms with van der Waals surface area (Å²) in [4.78, 5) is 12.2. The Morgan fingerprint density at radius 3 is 2.54 bits per heavy atom. The van der Waals surface area contributed by atoms with E-state index in [2.05, 4.69) is 0 Å². The predicted molar refractivity (Wildman–Crippen MR) is 80.8 cm³/mol. The van der Waals surface area contributed by atoms with Gasteiger partial charge >= 0.3 is 12.1 Å². The molecule has 0 saturated carbocycles. The standard InChI is InChI=1S/C17H19F5O4/c1-4-25-15(23)14-10(7-16(2,8-26-14)17(20,21)22)9-5-6-11(18)12(19)13(9)24-3/h5-6,10,14H,4,7-8H2,1-3H3. The largest absolute Gasteiger partial charge is 0.493 e. The molecule has 1 fully saturated rings. The summed E-state index contributed by atoms with van der Waals surface area (Å²) in [6.45, 7) is 1.74. The molecule has 0 bridgehead atoms. The average molecular weight is 382 g/mol. The van der Waals surface area contributed by atoms with Crippen LogP contribution in [-0.4, -0.2) is 38.6 Å². The maximum Gasteiger partial charge on any atom is 0.396 e. The lowest BCUT2D eigenvalue weighted by Crippen LogP contribution is -2.50. The molecule has 0 aromatic heterocycles. The first-order valence-corrected chi connectivity index (χ1v) is 7.92. The fourth-order valence-corrected chi connectivity index (χ4v) is 3.01. The van der Waals surface area contributed by atoms with E-state index in [0.29, 0.717) is 0 Å². The Bertz CT molecular complexity index is 676. The second kappa shape index (κ2) is 7.38. The van der Waals surface area contributed by atoms with E-state index in [1.54, 1.807) is 0 Å². The fraction of sp³-hybridized carbons (Fsp3) is 0.588. The van der Waals surface area contributed by atoms with Crippen molar-refractivity contribution in [3.05, 3.63) is 29.3 Å². The maximum absolute atomic E-state index is 14.0. The van der Waals surface area contributed by atoms with Gasteiger partial charge in [-0.1, -0.05) is 6.07 Å². The van der Waals surface area contributed by atoms with Gasteiger partial charge in [-0.05, 0) is 26.3 Å². The Morgan fingerprint density at radius 2 is 2.00 bits per heavy atom. The highest BCUT2D eigenvalue weighted by atomic mass is 19.4. The number of methoxy groups -OCH3 is 1. The molecule has 1 aliphatic rings. The van der Waals surface area contributed by atoms with Crippen molar-refractivity contribution in [1.82, 2.24) is 0 Å². The first-order valence-electron chi connectivity index (χ1n) is 7.92. The molecular formula is C17H19F5O4. The lowest BCUT2D eigenvalue weighted by Gasteiger charge is -2.42. The molecule has 146 valence electrons. The number of halogens is 5. The van der Waals surface area contributed by atoms with Crippen molar-refractivity contribution >= 4 is 5.97 Å². The number of alkyl halides is 3. The Morgan fingerprint density at radius 1 is 1.35 bits per heavy atom. The van der Waals surface area contributed by atoms with Crippen LogP contribution in [0.5, 0.6) is 5.75 Å². The Kier molecular flexibility index (Phi) is 5.79. The highest BCUT2D eigenvalue weighted by molar-refractivity contribution is 5.76. The van der Waals surface area contributed by atoms with Crippen LogP contribution in [0.2, 0.25) is 0 Å². The molecule has 2 rings (SSSR count). The molecule has 4 nitrogen and oxygen atoms in total. The molecule has 0 N–H and O–H groups in total. The van der Waals surface area contributed by atoms with Gasteiger partial charge in [0.2, 0.25) is 5.82 Å². The molecule has 0 aliphatic carbocycles. The van der Waals surface area contributed by atoms with Crippen LogP contribution >= 0.6 is 0 Å². The van der Waals surface area contributed by atoms with Crippen molar-refractivity contribution in [1.29, 1.82) is 0 Å². The van der Waals surface area contributed by atoms with Crippen LogP contribution in [0.15, 0.2) is 12.1 Å². The smallest absolute Gasteiger partial charge is 0.396 e. The molecule has 9 heteroatoms. The summed E-state index contributed by atoms with van der Waals surface area (Å²) in [5.74, 6) is -5.20. The second-order valence-corrected chi connectivity index (χ2v) is 6.34. The average Bonchev–Trinajstić information content (AvgIpc) is 2.56. The van der Waals surface area contributed by atoms with Crippen molar-refractivity contribution in [2.45, 2.75) is 38.5 Å². The Balaban J connectivity index is 2.53. The van der Waals surface area contributed by atoms with E-state index in [1.165, 1.54) is 6.92 Å². The van der Waals surface area contributed by atoms with Crippen LogP contribution in [-0.2, 0) is 14.3 Å². The minimum atomic E-state index is -4.61. The lowest BCUT2D eigenvalue weighted by atomic mass is 9.73. The van der Waals surface area contributed by atoms with Crippen LogP contribution in [0.1, 0.15) is 31.7 Å². The van der Waals surface area contributed by atoms with Crippen molar-refractivity contribution in [3.8, 4) is 5.75 Å². The molecule has 26 heavy (non-hydrogen) atoms. The number of esters is 1. The number of ether oxygens (including phenoxy) is 3. The number of carbonyl (C=O) groups excluding carboxylic acids is 1. The SMILES string of the molecule is CCOC(=O)C1OCC(C)(C(F)(F)F)CC1c1ccc(F)c(F)c1OC. The first kappa shape index (κ1) is 20.4. The van der Waals surface area contributed by atoms with Crippen molar-refractivity contribution in [3.63, 3.8) is 0 Å². The fourth-order valence-electron chi connectivity index (χ4n) is 3.01. The minimum Gasteiger partial charge on any atom is -0.493 e. The normalized spacial score (nSPS) is 26.5. The summed E-state index contributed by atoms with van der Waals surface area (Å²) >= 11 is 0. The molecule has 1 saturated heterocycles. The number of hydrogen-bond donors (Lipinski definition) is 0. The van der Waals surface area contributed by atoms with Crippen LogP contribution in [0.4, 0.5) is 22.0 Å². The zero-order valence-electron chi connectivity index (χ0n) is 14.5. The van der Waals surface area contributed by atoms with E-state index in [9.17, 15) is 26.7 Å². The molecule has 0 amide bonds. The lowest BCUT2D eigenvalue weighted by molar-refractivity contribution is -0.259. The van der Waals surface area contributed by atoms with Gasteiger partial charge in [-0.15, -0.1) is 0 Å². The number of hydrogen-bond acceptors (Lipinski definition) is 4. The third-order valence-corrected chi connectivity index (χ3v) is 4.50. The van der Waals surface area contributed by atoms with E-state index in [4.69, 9.17) is 14.2 Å². The molecule has 0 radical (unpaired) electrons. The summed E-state index contributed by atoms with van der Waals surface area (Å²) < 4.78 is 82.8. The molecule has 1 aromatic rings. The molecule has 1 heterocycles. The van der Waals surface area contributed by atoms with E-state index in [0.717, 1.165) is 26.2 Å². The molecule has 1 aliphatic heterocycles. The van der Waals surface area contributed by atoms with Gasteiger partial charge in [-0.3, -0.25) is 0 Å². The summed E-state index contributed by atoms with van der Waals surface area (Å²) in [5, 5.41) is 0. The molecule has 3 unspecified atom stereocenters. The van der Waals surface area contributed by atoms with Crippen LogP contribution in [0.3, 0.4) is 0 Å². The summed E-state index contributed by atoms with van der Waals surface area (Å²) in [6, 6.07) is 1.87. The van der Waals surface area contributed by atoms with Gasteiger partial charge < -0.3 is 14.2 Å². The number of carbonyl (C=O) groups is 1. The van der Waals surface area contributed by atoms with Gasteiger partial charge in [0.1, 0.15) is 0 Å². The monoisotopic (exact) mass is 382 g/mol. The van der Waals surface area contributed by atoms with E-state index >= 15 is 0 Å². The van der Waals surface area contributed by atoms with Crippen LogP contribution in [0.25, 0.3) is 0 Å². The highest BCUT2D eigenvalue weighted by Crippen LogP contribution is 2.51. The first-order chi connectivity index (χ1) is 12.1. The molecular weight excluding hydrogens is 363 g/mol. The third kappa shape index (κ3) is 3.62. The maximum atomic E-state index is 14.0. The zero-order chi connectivity index (χ0) is 19.7. The van der Waals surface area contributed by atoms with Gasteiger partial charge in [0.05, 0.1) is 25.7 Å². The Hall–Kier alpha value is -1.90. The van der Waals surface area contributed by atoms with Gasteiger partial charge in [-0.2, -0.15) is 17.6 Å². The third-order valence-electron chi connectivity index (χ3n) is 4.50. The summed E-state index contributed by atoms with van der Waals surface area (Å²) in [7, 11) is 1.06. The number of benzene rings is 1. The van der Waals surface area contributed by atoms with Gasteiger partial charge in [0.25, 0.3) is 0 Å². The Labute approximate surface area is 147 Å². The molecule has 3 atom stereocenters. The van der Waals surface area contributed by atoms with E-state index < -0.39 is 60.0 Å². The molecule has 0 spiro atoms. The predicted octanol–water partition coefficient (Wildman–Crippen LogP) is 3.98. The second-order valence-electron chi connectivity index (χ2n) is 6.34. The number of rotatable bonds is 4. The van der Waals surface area contributed by atoms with E-state index in [1.807, 2.05) is 0 Å². The topological polar surface area (TPSA) is 44.8 Å².